The van der Waals surface area contributed by atoms with E-state index < -0.39 is 11.7 Å². The van der Waals surface area contributed by atoms with Crippen LogP contribution in [0.4, 0.5) is 13.2 Å². The van der Waals surface area contributed by atoms with Crippen LogP contribution in [0.1, 0.15) is 13.3 Å². The molecule has 0 aromatic carbocycles. The highest BCUT2D eigenvalue weighted by atomic mass is 35.5. The molecule has 0 saturated carbocycles. The number of allylic oxidation sites excluding steroid dienone is 4. The average Bonchev–Trinajstić information content (AvgIpc) is 1.82. The average molecular weight is 197 g/mol. The SMILES string of the molecule is C[C@@H]1C=C(Cl)C=C(C(F)(F)F)C1. The molecule has 0 fully saturated rings. The molecule has 0 saturated heterocycles. The van der Waals surface area contributed by atoms with Gasteiger partial charge in [-0.05, 0) is 18.4 Å². The predicted octanol–water partition coefficient (Wildman–Crippen LogP) is 3.64. The van der Waals surface area contributed by atoms with Crippen LogP contribution in [0.3, 0.4) is 0 Å². The van der Waals surface area contributed by atoms with E-state index in [1.165, 1.54) is 0 Å². The molecule has 0 radical (unpaired) electrons. The first-order valence-corrected chi connectivity index (χ1v) is 3.92. The molecule has 1 atom stereocenters. The monoisotopic (exact) mass is 196 g/mol. The molecule has 0 spiro atoms. The number of halogens is 4. The third-order valence-electron chi connectivity index (χ3n) is 1.66. The smallest absolute Gasteiger partial charge is 0.166 e. The molecular formula is C8H8ClF3. The van der Waals surface area contributed by atoms with Crippen molar-refractivity contribution in [3.63, 3.8) is 0 Å². The Morgan fingerprint density at radius 3 is 2.50 bits per heavy atom. The third-order valence-corrected chi connectivity index (χ3v) is 1.90. The quantitative estimate of drug-likeness (QED) is 0.555. The Bertz CT molecular complexity index is 237. The third kappa shape index (κ3) is 2.27. The van der Waals surface area contributed by atoms with Crippen LogP contribution in [-0.4, -0.2) is 6.18 Å². The van der Waals surface area contributed by atoms with Gasteiger partial charge in [0.1, 0.15) is 0 Å². The second-order valence-corrected chi connectivity index (χ2v) is 3.34. The minimum atomic E-state index is -4.23. The zero-order chi connectivity index (χ0) is 9.35. The molecule has 0 aromatic heterocycles. The van der Waals surface area contributed by atoms with E-state index in [9.17, 15) is 13.2 Å². The molecule has 12 heavy (non-hydrogen) atoms. The summed E-state index contributed by atoms with van der Waals surface area (Å²) in [6, 6.07) is 0. The standard InChI is InChI=1S/C8H8ClF3/c1-5-2-6(8(10,11)12)4-7(9)3-5/h3-5H,2H2,1H3/t5-/m0/s1. The van der Waals surface area contributed by atoms with Gasteiger partial charge in [-0.3, -0.25) is 0 Å². The van der Waals surface area contributed by atoms with Gasteiger partial charge in [0.05, 0.1) is 0 Å². The van der Waals surface area contributed by atoms with Crippen LogP contribution in [0.5, 0.6) is 0 Å². The van der Waals surface area contributed by atoms with Gasteiger partial charge in [-0.25, -0.2) is 0 Å². The summed E-state index contributed by atoms with van der Waals surface area (Å²) in [7, 11) is 0. The summed E-state index contributed by atoms with van der Waals surface area (Å²) in [6.07, 6.45) is -1.60. The fraction of sp³-hybridized carbons (Fsp3) is 0.500. The topological polar surface area (TPSA) is 0 Å². The Hall–Kier alpha value is -0.440. The Labute approximate surface area is 73.7 Å². The van der Waals surface area contributed by atoms with Crippen LogP contribution in [0.15, 0.2) is 22.8 Å². The van der Waals surface area contributed by atoms with Crippen LogP contribution in [-0.2, 0) is 0 Å². The Morgan fingerprint density at radius 1 is 1.50 bits per heavy atom. The zero-order valence-electron chi connectivity index (χ0n) is 6.45. The Morgan fingerprint density at radius 2 is 2.08 bits per heavy atom. The van der Waals surface area contributed by atoms with E-state index in [1.54, 1.807) is 13.0 Å². The van der Waals surface area contributed by atoms with Crippen molar-refractivity contribution in [1.29, 1.82) is 0 Å². The van der Waals surface area contributed by atoms with E-state index in [1.807, 2.05) is 0 Å². The van der Waals surface area contributed by atoms with E-state index >= 15 is 0 Å². The molecule has 0 nitrogen and oxygen atoms in total. The molecule has 0 aromatic rings. The maximum atomic E-state index is 12.1. The normalized spacial score (nSPS) is 24.9. The summed E-state index contributed by atoms with van der Waals surface area (Å²) in [4.78, 5) is 0. The van der Waals surface area contributed by atoms with Crippen LogP contribution in [0.2, 0.25) is 0 Å². The minimum absolute atomic E-state index is 0.0275. The molecule has 0 bridgehead atoms. The zero-order valence-corrected chi connectivity index (χ0v) is 7.21. The van der Waals surface area contributed by atoms with Crippen LogP contribution < -0.4 is 0 Å². The lowest BCUT2D eigenvalue weighted by Gasteiger charge is -2.18. The van der Waals surface area contributed by atoms with Crippen LogP contribution in [0.25, 0.3) is 0 Å². The number of hydrogen-bond acceptors (Lipinski definition) is 0. The summed E-state index contributed by atoms with van der Waals surface area (Å²) in [5, 5.41) is 0.182. The molecule has 0 heterocycles. The van der Waals surface area contributed by atoms with Crippen molar-refractivity contribution in [1.82, 2.24) is 0 Å². The molecule has 4 heteroatoms. The highest BCUT2D eigenvalue weighted by molar-refractivity contribution is 6.31. The second-order valence-electron chi connectivity index (χ2n) is 2.90. The van der Waals surface area contributed by atoms with E-state index in [0.29, 0.717) is 0 Å². The minimum Gasteiger partial charge on any atom is -0.166 e. The van der Waals surface area contributed by atoms with Crippen molar-refractivity contribution in [2.45, 2.75) is 19.5 Å². The highest BCUT2D eigenvalue weighted by Gasteiger charge is 2.35. The lowest BCUT2D eigenvalue weighted by atomic mass is 9.95. The van der Waals surface area contributed by atoms with Crippen molar-refractivity contribution >= 4 is 11.6 Å². The fourth-order valence-corrected chi connectivity index (χ4v) is 1.50. The summed E-state index contributed by atoms with van der Waals surface area (Å²) >= 11 is 5.50. The molecule has 1 aliphatic carbocycles. The van der Waals surface area contributed by atoms with Crippen LogP contribution >= 0.6 is 11.6 Å². The van der Waals surface area contributed by atoms with Crippen molar-refractivity contribution in [3.05, 3.63) is 22.8 Å². The van der Waals surface area contributed by atoms with Crippen molar-refractivity contribution in [2.75, 3.05) is 0 Å². The van der Waals surface area contributed by atoms with E-state index in [-0.39, 0.29) is 17.4 Å². The molecule has 0 amide bonds. The van der Waals surface area contributed by atoms with E-state index in [2.05, 4.69) is 0 Å². The summed E-state index contributed by atoms with van der Waals surface area (Å²) in [6.45, 7) is 1.71. The maximum Gasteiger partial charge on any atom is 0.412 e. The lowest BCUT2D eigenvalue weighted by molar-refractivity contribution is -0.0949. The van der Waals surface area contributed by atoms with Gasteiger partial charge in [-0.2, -0.15) is 13.2 Å². The van der Waals surface area contributed by atoms with Gasteiger partial charge in [0.15, 0.2) is 0 Å². The first-order chi connectivity index (χ1) is 5.39. The van der Waals surface area contributed by atoms with E-state index in [0.717, 1.165) is 6.08 Å². The van der Waals surface area contributed by atoms with Crippen molar-refractivity contribution < 1.29 is 13.2 Å². The number of rotatable bonds is 0. The van der Waals surface area contributed by atoms with Crippen molar-refractivity contribution in [3.8, 4) is 0 Å². The van der Waals surface area contributed by atoms with Crippen LogP contribution in [0, 0.1) is 5.92 Å². The van der Waals surface area contributed by atoms with Gasteiger partial charge in [-0.1, -0.05) is 24.6 Å². The number of hydrogen-bond donors (Lipinski definition) is 0. The molecule has 1 rings (SSSR count). The fourth-order valence-electron chi connectivity index (χ4n) is 1.15. The number of alkyl halides is 3. The van der Waals surface area contributed by atoms with Gasteiger partial charge in [0, 0.05) is 10.6 Å². The van der Waals surface area contributed by atoms with Gasteiger partial charge < -0.3 is 0 Å². The summed E-state index contributed by atoms with van der Waals surface area (Å²) in [5.74, 6) is -0.126. The van der Waals surface area contributed by atoms with E-state index in [4.69, 9.17) is 11.6 Å². The molecule has 68 valence electrons. The summed E-state index contributed by atoms with van der Waals surface area (Å²) in [5.41, 5.74) is -0.539. The Balaban J connectivity index is 2.87. The highest BCUT2D eigenvalue weighted by Crippen LogP contribution is 2.35. The predicted molar refractivity (Wildman–Crippen MR) is 41.9 cm³/mol. The maximum absolute atomic E-state index is 12.1. The second kappa shape index (κ2) is 3.13. The lowest BCUT2D eigenvalue weighted by Crippen LogP contribution is -2.16. The molecular weight excluding hydrogens is 189 g/mol. The summed E-state index contributed by atoms with van der Waals surface area (Å²) < 4.78 is 36.4. The first kappa shape index (κ1) is 9.65. The largest absolute Gasteiger partial charge is 0.412 e. The van der Waals surface area contributed by atoms with Gasteiger partial charge >= 0.3 is 6.18 Å². The molecule has 1 aliphatic rings. The molecule has 0 N–H and O–H groups in total. The van der Waals surface area contributed by atoms with Gasteiger partial charge in [0.25, 0.3) is 0 Å². The van der Waals surface area contributed by atoms with Gasteiger partial charge in [-0.15, -0.1) is 0 Å². The molecule has 0 aliphatic heterocycles. The Kier molecular flexibility index (Phi) is 2.52. The molecule has 0 unspecified atom stereocenters. The first-order valence-electron chi connectivity index (χ1n) is 3.54. The van der Waals surface area contributed by atoms with Crippen molar-refractivity contribution in [2.24, 2.45) is 5.92 Å². The van der Waals surface area contributed by atoms with Gasteiger partial charge in [0.2, 0.25) is 0 Å².